The van der Waals surface area contributed by atoms with Gasteiger partial charge in [0.25, 0.3) is 0 Å². The lowest BCUT2D eigenvalue weighted by Gasteiger charge is -2.29. The lowest BCUT2D eigenvalue weighted by Crippen LogP contribution is -2.46. The minimum absolute atomic E-state index is 0.102. The van der Waals surface area contributed by atoms with Gasteiger partial charge in [0.1, 0.15) is 5.92 Å². The highest BCUT2D eigenvalue weighted by atomic mass is 32.2. The van der Waals surface area contributed by atoms with Crippen LogP contribution in [0.1, 0.15) is 5.69 Å². The third-order valence-corrected chi connectivity index (χ3v) is 5.16. The molecule has 2 aromatic heterocycles. The van der Waals surface area contributed by atoms with E-state index >= 15 is 0 Å². The smallest absolute Gasteiger partial charge is 0.249 e. The van der Waals surface area contributed by atoms with Gasteiger partial charge in [0.05, 0.1) is 11.4 Å². The fourth-order valence-electron chi connectivity index (χ4n) is 2.93. The van der Waals surface area contributed by atoms with E-state index in [1.165, 1.54) is 18.0 Å². The summed E-state index contributed by atoms with van der Waals surface area (Å²) in [5.74, 6) is 1.01. The van der Waals surface area contributed by atoms with Crippen LogP contribution < -0.4 is 4.90 Å². The number of hydrogen-bond acceptors (Lipinski definition) is 7. The van der Waals surface area contributed by atoms with Crippen molar-refractivity contribution in [2.75, 3.05) is 4.90 Å². The van der Waals surface area contributed by atoms with Crippen LogP contribution in [0.4, 0.5) is 5.69 Å². The van der Waals surface area contributed by atoms with E-state index in [2.05, 4.69) is 25.2 Å². The van der Waals surface area contributed by atoms with Crippen LogP contribution in [0.25, 0.3) is 5.78 Å². The van der Waals surface area contributed by atoms with Gasteiger partial charge >= 0.3 is 0 Å². The summed E-state index contributed by atoms with van der Waals surface area (Å²) in [6, 6.07) is 11.3. The molecule has 2 aliphatic rings. The number of amidine groups is 2. The molecule has 0 bridgehead atoms. The summed E-state index contributed by atoms with van der Waals surface area (Å²) in [5, 5.41) is 8.41. The predicted octanol–water partition coefficient (Wildman–Crippen LogP) is 2.38. The summed E-state index contributed by atoms with van der Waals surface area (Å²) in [4.78, 5) is 27.9. The van der Waals surface area contributed by atoms with Crippen LogP contribution in [0.2, 0.25) is 0 Å². The van der Waals surface area contributed by atoms with Crippen LogP contribution >= 0.6 is 11.8 Å². The number of amides is 1. The molecular weight excluding hydrogens is 362 g/mol. The number of para-hydroxylation sites is 1. The summed E-state index contributed by atoms with van der Waals surface area (Å²) in [6.45, 7) is 0. The Kier molecular flexibility index (Phi) is 3.79. The van der Waals surface area contributed by atoms with Gasteiger partial charge in [0, 0.05) is 30.6 Å². The summed E-state index contributed by atoms with van der Waals surface area (Å²) in [6.07, 6.45) is 7.06. The lowest BCUT2D eigenvalue weighted by atomic mass is 10.1. The summed E-state index contributed by atoms with van der Waals surface area (Å²) in [7, 11) is 0. The molecule has 0 fully saturated rings. The highest BCUT2D eigenvalue weighted by molar-refractivity contribution is 8.13. The normalized spacial score (nSPS) is 18.6. The minimum atomic E-state index is -0.519. The Morgan fingerprint density at radius 3 is 2.89 bits per heavy atom. The maximum atomic E-state index is 13.0. The molecule has 8 nitrogen and oxygen atoms in total. The third-order valence-electron chi connectivity index (χ3n) is 4.19. The largest absolute Gasteiger partial charge is 0.291 e. The molecule has 2 aliphatic heterocycles. The van der Waals surface area contributed by atoms with Gasteiger partial charge in [-0.2, -0.15) is 5.10 Å². The van der Waals surface area contributed by atoms with Crippen molar-refractivity contribution in [3.63, 3.8) is 0 Å². The van der Waals surface area contributed by atoms with E-state index in [0.29, 0.717) is 22.5 Å². The molecule has 1 unspecified atom stereocenters. The Hall–Kier alpha value is -3.33. The summed E-state index contributed by atoms with van der Waals surface area (Å²) in [5.41, 5.74) is 1.62. The van der Waals surface area contributed by atoms with Gasteiger partial charge in [-0.3, -0.25) is 14.1 Å². The van der Waals surface area contributed by atoms with Crippen LogP contribution in [0.5, 0.6) is 0 Å². The van der Waals surface area contributed by atoms with Gasteiger partial charge < -0.3 is 0 Å². The van der Waals surface area contributed by atoms with E-state index in [0.717, 1.165) is 11.4 Å². The molecule has 4 heterocycles. The Bertz CT molecular complexity index is 1090. The number of anilines is 1. The number of nitrogens with zero attached hydrogens (tertiary/aromatic N) is 7. The van der Waals surface area contributed by atoms with Crippen LogP contribution in [0.15, 0.2) is 70.2 Å². The molecule has 0 aliphatic carbocycles. The highest BCUT2D eigenvalue weighted by Gasteiger charge is 2.38. The maximum Gasteiger partial charge on any atom is 0.249 e. The lowest BCUT2D eigenvalue weighted by molar-refractivity contribution is -0.118. The maximum absolute atomic E-state index is 13.0. The first-order chi connectivity index (χ1) is 13.3. The van der Waals surface area contributed by atoms with Crippen molar-refractivity contribution in [2.45, 2.75) is 5.75 Å². The second-order valence-electron chi connectivity index (χ2n) is 5.95. The van der Waals surface area contributed by atoms with Crippen LogP contribution in [0.3, 0.4) is 0 Å². The number of thioether (sulfide) groups is 1. The second-order valence-corrected chi connectivity index (χ2v) is 6.89. The van der Waals surface area contributed by atoms with E-state index in [-0.39, 0.29) is 5.91 Å². The number of aromatic nitrogens is 3. The summed E-state index contributed by atoms with van der Waals surface area (Å²) < 4.78 is 1.86. The first-order valence-corrected chi connectivity index (χ1v) is 9.28. The molecule has 5 rings (SSSR count). The Balaban J connectivity index is 1.47. The van der Waals surface area contributed by atoms with E-state index in [1.54, 1.807) is 11.1 Å². The van der Waals surface area contributed by atoms with E-state index < -0.39 is 5.92 Å². The topological polar surface area (TPSA) is 87.6 Å². The predicted molar refractivity (Wildman–Crippen MR) is 105 cm³/mol. The first-order valence-electron chi connectivity index (χ1n) is 8.30. The zero-order chi connectivity index (χ0) is 18.2. The zero-order valence-electron chi connectivity index (χ0n) is 14.0. The van der Waals surface area contributed by atoms with Crippen molar-refractivity contribution in [1.82, 2.24) is 14.4 Å². The van der Waals surface area contributed by atoms with E-state index in [9.17, 15) is 4.79 Å². The Morgan fingerprint density at radius 2 is 2.04 bits per heavy atom. The van der Waals surface area contributed by atoms with Gasteiger partial charge in [-0.15, -0.1) is 5.10 Å². The number of fused-ring (bicyclic) bond motifs is 2. The summed E-state index contributed by atoms with van der Waals surface area (Å²) >= 11 is 1.44. The Labute approximate surface area is 158 Å². The first kappa shape index (κ1) is 15.9. The van der Waals surface area contributed by atoms with Crippen molar-refractivity contribution >= 4 is 46.4 Å². The molecule has 0 saturated heterocycles. The zero-order valence-corrected chi connectivity index (χ0v) is 14.8. The van der Waals surface area contributed by atoms with Crippen molar-refractivity contribution < 1.29 is 4.79 Å². The minimum Gasteiger partial charge on any atom is -0.291 e. The van der Waals surface area contributed by atoms with Gasteiger partial charge in [0.15, 0.2) is 11.0 Å². The molecule has 1 aromatic carbocycles. The molecule has 1 atom stereocenters. The number of carbonyl (C=O) groups excluding carboxylic acids is 1. The quantitative estimate of drug-likeness (QED) is 0.703. The molecule has 3 aromatic rings. The van der Waals surface area contributed by atoms with Gasteiger partial charge in [0.2, 0.25) is 11.7 Å². The molecule has 132 valence electrons. The van der Waals surface area contributed by atoms with Crippen molar-refractivity contribution in [3.8, 4) is 0 Å². The molecule has 0 saturated carbocycles. The fourth-order valence-corrected chi connectivity index (χ4v) is 3.83. The average molecular weight is 375 g/mol. The number of hydrogen-bond donors (Lipinski definition) is 0. The molecule has 0 N–H and O–H groups in total. The SMILES string of the molecule is O=C1C2C=NN=C2N=C(SCc2cn3cccnc3n2)N1c1ccccc1. The number of aliphatic imine (C=N–C) groups is 1. The fraction of sp³-hybridized carbons (Fsp3) is 0.111. The number of carbonyl (C=O) groups is 1. The molecule has 27 heavy (non-hydrogen) atoms. The van der Waals surface area contributed by atoms with Crippen LogP contribution in [0, 0.1) is 5.92 Å². The van der Waals surface area contributed by atoms with Crippen molar-refractivity contribution in [3.05, 3.63) is 60.7 Å². The molecule has 9 heteroatoms. The second kappa shape index (κ2) is 6.44. The monoisotopic (exact) mass is 375 g/mol. The highest BCUT2D eigenvalue weighted by Crippen LogP contribution is 2.29. The van der Waals surface area contributed by atoms with Crippen LogP contribution in [-0.2, 0) is 10.5 Å². The number of rotatable bonds is 3. The molecule has 1 amide bonds. The van der Waals surface area contributed by atoms with Crippen molar-refractivity contribution in [1.29, 1.82) is 0 Å². The molecular formula is C18H13N7OS. The van der Waals surface area contributed by atoms with Gasteiger partial charge in [-0.1, -0.05) is 30.0 Å². The van der Waals surface area contributed by atoms with E-state index in [1.807, 2.05) is 53.2 Å². The van der Waals surface area contributed by atoms with Gasteiger partial charge in [-0.05, 0) is 18.2 Å². The molecule has 0 spiro atoms. The van der Waals surface area contributed by atoms with Crippen LogP contribution in [-0.4, -0.2) is 37.5 Å². The Morgan fingerprint density at radius 1 is 1.15 bits per heavy atom. The standard InChI is InChI=1S/C18H13N7OS/c26-16-14-9-20-23-15(14)22-18(25(16)13-5-2-1-3-6-13)27-11-12-10-24-8-4-7-19-17(24)21-12/h1-10,14H,11H2. The number of imidazole rings is 1. The third kappa shape index (κ3) is 2.81. The molecule has 0 radical (unpaired) electrons. The van der Waals surface area contributed by atoms with Gasteiger partial charge in [-0.25, -0.2) is 15.0 Å². The van der Waals surface area contributed by atoms with Crippen molar-refractivity contribution in [2.24, 2.45) is 21.1 Å². The van der Waals surface area contributed by atoms with E-state index in [4.69, 9.17) is 0 Å². The number of benzene rings is 1. The average Bonchev–Trinajstić information content (AvgIpc) is 3.33.